The Morgan fingerprint density at radius 3 is 2.54 bits per heavy atom. The lowest BCUT2D eigenvalue weighted by Crippen LogP contribution is -2.44. The van der Waals surface area contributed by atoms with Crippen molar-refractivity contribution in [1.29, 1.82) is 10.5 Å². The van der Waals surface area contributed by atoms with E-state index in [-0.39, 0.29) is 22.0 Å². The highest BCUT2D eigenvalue weighted by Gasteiger charge is 2.44. The van der Waals surface area contributed by atoms with Gasteiger partial charge in [0.05, 0.1) is 39.7 Å². The summed E-state index contributed by atoms with van der Waals surface area (Å²) in [7, 11) is 0. The third-order valence-corrected chi connectivity index (χ3v) is 5.19. The quantitative estimate of drug-likeness (QED) is 0.794. The monoisotopic (exact) mass is 408 g/mol. The van der Waals surface area contributed by atoms with Crippen molar-refractivity contribution in [3.05, 3.63) is 40.4 Å². The summed E-state index contributed by atoms with van der Waals surface area (Å²) in [4.78, 5) is 24.2. The van der Waals surface area contributed by atoms with E-state index >= 15 is 0 Å². The molecule has 0 fully saturated rings. The van der Waals surface area contributed by atoms with Gasteiger partial charge in [-0.25, -0.2) is 0 Å². The fourth-order valence-electron chi connectivity index (χ4n) is 2.70. The molecule has 6 nitrogen and oxygen atoms in total. The van der Waals surface area contributed by atoms with E-state index in [1.807, 2.05) is 12.1 Å². The number of allylic oxidation sites excluding steroid dienone is 1. The zero-order valence-corrected chi connectivity index (χ0v) is 15.7. The van der Waals surface area contributed by atoms with Crippen LogP contribution in [0.25, 0.3) is 0 Å². The average molecular weight is 408 g/mol. The predicted octanol–water partition coefficient (Wildman–Crippen LogP) is 3.41. The van der Waals surface area contributed by atoms with Crippen molar-refractivity contribution in [2.75, 3.05) is 11.1 Å². The number of amides is 2. The molecule has 28 heavy (non-hydrogen) atoms. The van der Waals surface area contributed by atoms with Gasteiger partial charge in [-0.1, -0.05) is 37.7 Å². The third-order valence-electron chi connectivity index (χ3n) is 4.19. The summed E-state index contributed by atoms with van der Waals surface area (Å²) in [5, 5.41) is 23.3. The number of anilines is 1. The summed E-state index contributed by atoms with van der Waals surface area (Å²) in [6, 6.07) is 8.36. The van der Waals surface area contributed by atoms with Crippen molar-refractivity contribution >= 4 is 29.3 Å². The van der Waals surface area contributed by atoms with Crippen molar-refractivity contribution in [2.45, 2.75) is 20.0 Å². The van der Waals surface area contributed by atoms with Gasteiger partial charge in [0.25, 0.3) is 0 Å². The number of carbonyl (C=O) groups is 2. The molecule has 0 bridgehead atoms. The largest absolute Gasteiger partial charge is 0.418 e. The molecule has 2 N–H and O–H groups in total. The maximum absolute atomic E-state index is 13.0. The van der Waals surface area contributed by atoms with E-state index in [0.29, 0.717) is 0 Å². The first-order valence-corrected chi connectivity index (χ1v) is 8.95. The first kappa shape index (κ1) is 21.3. The number of nitriles is 2. The van der Waals surface area contributed by atoms with Crippen LogP contribution in [0.15, 0.2) is 34.9 Å². The van der Waals surface area contributed by atoms with Crippen molar-refractivity contribution in [3.8, 4) is 12.1 Å². The highest BCUT2D eigenvalue weighted by Crippen LogP contribution is 2.42. The maximum atomic E-state index is 13.0. The molecule has 1 aromatic carbocycles. The molecule has 2 rings (SSSR count). The molecule has 0 radical (unpaired) electrons. The highest BCUT2D eigenvalue weighted by atomic mass is 32.2. The first-order valence-electron chi connectivity index (χ1n) is 7.96. The summed E-state index contributed by atoms with van der Waals surface area (Å²) in [5.74, 6) is -2.74. The lowest BCUT2D eigenvalue weighted by molar-refractivity contribution is -0.137. The van der Waals surface area contributed by atoms with Gasteiger partial charge < -0.3 is 10.6 Å². The second-order valence-electron chi connectivity index (χ2n) is 6.47. The third kappa shape index (κ3) is 4.29. The molecule has 0 aliphatic carbocycles. The van der Waals surface area contributed by atoms with Crippen LogP contribution in [0.4, 0.5) is 18.9 Å². The van der Waals surface area contributed by atoms with E-state index < -0.39 is 34.9 Å². The number of rotatable bonds is 4. The number of hydrogen-bond donors (Lipinski definition) is 2. The van der Waals surface area contributed by atoms with Gasteiger partial charge in [0.2, 0.25) is 11.8 Å². The molecule has 1 atom stereocenters. The van der Waals surface area contributed by atoms with Crippen LogP contribution < -0.4 is 10.6 Å². The van der Waals surface area contributed by atoms with Crippen LogP contribution in [0.3, 0.4) is 0 Å². The van der Waals surface area contributed by atoms with Gasteiger partial charge in [-0.15, -0.1) is 0 Å². The van der Waals surface area contributed by atoms with Gasteiger partial charge in [0.15, 0.2) is 0 Å². The number of nitrogens with one attached hydrogen (secondary N) is 2. The highest BCUT2D eigenvalue weighted by molar-refractivity contribution is 8.03. The number of benzene rings is 1. The normalized spacial score (nSPS) is 18.7. The molecule has 0 saturated heterocycles. The minimum absolute atomic E-state index is 0.114. The zero-order chi connectivity index (χ0) is 21.1. The van der Waals surface area contributed by atoms with E-state index in [0.717, 1.165) is 23.9 Å². The Kier molecular flexibility index (Phi) is 6.05. The van der Waals surface area contributed by atoms with Crippen LogP contribution in [0, 0.1) is 34.0 Å². The van der Waals surface area contributed by atoms with Crippen molar-refractivity contribution in [2.24, 2.45) is 11.3 Å². The summed E-state index contributed by atoms with van der Waals surface area (Å²) < 4.78 is 39.0. The number of alkyl halides is 3. The van der Waals surface area contributed by atoms with Gasteiger partial charge >= 0.3 is 6.18 Å². The molecular formula is C18H15F3N4O2S. The number of thioether (sulfide) groups is 1. The molecule has 0 saturated carbocycles. The lowest BCUT2D eigenvalue weighted by Gasteiger charge is -2.34. The van der Waals surface area contributed by atoms with Crippen LogP contribution in [0.2, 0.25) is 0 Å². The van der Waals surface area contributed by atoms with Gasteiger partial charge in [-0.3, -0.25) is 9.59 Å². The Bertz CT molecular complexity index is 926. The predicted molar refractivity (Wildman–Crippen MR) is 96.2 cm³/mol. The van der Waals surface area contributed by atoms with Crippen LogP contribution >= 0.6 is 11.8 Å². The molecule has 146 valence electrons. The summed E-state index contributed by atoms with van der Waals surface area (Å²) in [6.45, 7) is 3.14. The van der Waals surface area contributed by atoms with Gasteiger partial charge in [0.1, 0.15) is 5.92 Å². The van der Waals surface area contributed by atoms with E-state index in [9.17, 15) is 28.0 Å². The van der Waals surface area contributed by atoms with Gasteiger partial charge in [-0.2, -0.15) is 23.7 Å². The lowest BCUT2D eigenvalue weighted by atomic mass is 9.72. The number of hydrogen-bond acceptors (Lipinski definition) is 5. The molecule has 1 aromatic rings. The fourth-order valence-corrected chi connectivity index (χ4v) is 3.67. The van der Waals surface area contributed by atoms with E-state index in [4.69, 9.17) is 5.26 Å². The minimum Gasteiger partial charge on any atom is -0.325 e. The molecule has 0 aromatic heterocycles. The van der Waals surface area contributed by atoms with Gasteiger partial charge in [0, 0.05) is 5.41 Å². The SMILES string of the molecule is CC1(C)C(C#N)=C(SCC(=O)Nc2ccccc2C(F)(F)F)NC(=O)[C@@H]1C#N. The molecule has 0 spiro atoms. The zero-order valence-electron chi connectivity index (χ0n) is 14.8. The fraction of sp³-hybridized carbons (Fsp3) is 0.333. The molecule has 1 heterocycles. The van der Waals surface area contributed by atoms with E-state index in [1.54, 1.807) is 13.8 Å². The minimum atomic E-state index is -4.62. The number of para-hydroxylation sites is 1. The van der Waals surface area contributed by atoms with Crippen LogP contribution in [0.1, 0.15) is 19.4 Å². The smallest absolute Gasteiger partial charge is 0.325 e. The Morgan fingerprint density at radius 2 is 1.96 bits per heavy atom. The van der Waals surface area contributed by atoms with Crippen molar-refractivity contribution in [3.63, 3.8) is 0 Å². The average Bonchev–Trinajstić information content (AvgIpc) is 2.59. The number of carbonyl (C=O) groups excluding carboxylic acids is 2. The topological polar surface area (TPSA) is 106 Å². The maximum Gasteiger partial charge on any atom is 0.418 e. The molecule has 1 aliphatic heterocycles. The van der Waals surface area contributed by atoms with Crippen molar-refractivity contribution < 1.29 is 22.8 Å². The Balaban J connectivity index is 2.18. The summed E-state index contributed by atoms with van der Waals surface area (Å²) >= 11 is 0.812. The van der Waals surface area contributed by atoms with Crippen molar-refractivity contribution in [1.82, 2.24) is 5.32 Å². The van der Waals surface area contributed by atoms with Gasteiger partial charge in [-0.05, 0) is 12.1 Å². The molecule has 2 amide bonds. The van der Waals surface area contributed by atoms with E-state index in [1.165, 1.54) is 12.1 Å². The molecule has 0 unspecified atom stereocenters. The summed E-state index contributed by atoms with van der Waals surface area (Å²) in [6.07, 6.45) is -4.62. The Labute approximate surface area is 163 Å². The molecule has 10 heteroatoms. The number of nitrogens with zero attached hydrogens (tertiary/aromatic N) is 2. The van der Waals surface area contributed by atoms with Crippen LogP contribution in [-0.4, -0.2) is 17.6 Å². The standard InChI is InChI=1S/C18H15F3N4O2S/c1-17(2)11(7-22)15(27)25-16(12(17)8-23)28-9-14(26)24-13-6-4-3-5-10(13)18(19,20)21/h3-6,11H,9H2,1-2H3,(H,24,26)(H,25,27)/t11-/m0/s1. The summed E-state index contributed by atoms with van der Waals surface area (Å²) in [5.41, 5.74) is -2.29. The molecule has 1 aliphatic rings. The Hall–Kier alpha value is -2.98. The second-order valence-corrected chi connectivity index (χ2v) is 7.45. The van der Waals surface area contributed by atoms with Crippen LogP contribution in [0.5, 0.6) is 0 Å². The first-order chi connectivity index (χ1) is 13.0. The number of halogens is 3. The van der Waals surface area contributed by atoms with Crippen LogP contribution in [-0.2, 0) is 15.8 Å². The second kappa shape index (κ2) is 7.95. The van der Waals surface area contributed by atoms with E-state index in [2.05, 4.69) is 10.6 Å². The Morgan fingerprint density at radius 1 is 1.32 bits per heavy atom. The molecular weight excluding hydrogens is 393 g/mol.